The van der Waals surface area contributed by atoms with Crippen LogP contribution in [0.15, 0.2) is 29.4 Å². The lowest BCUT2D eigenvalue weighted by Crippen LogP contribution is -2.32. The number of hydrogen-bond acceptors (Lipinski definition) is 4. The molecule has 8 heteroatoms. The van der Waals surface area contributed by atoms with Crippen LogP contribution in [-0.4, -0.2) is 34.6 Å². The van der Waals surface area contributed by atoms with Gasteiger partial charge in [-0.15, -0.1) is 0 Å². The minimum absolute atomic E-state index is 0.120. The summed E-state index contributed by atoms with van der Waals surface area (Å²) in [6, 6.07) is 5.06. The smallest absolute Gasteiger partial charge is 0.285 e. The molecule has 1 amide bonds. The summed E-state index contributed by atoms with van der Waals surface area (Å²) in [5.41, 5.74) is 0.428. The Labute approximate surface area is 114 Å². The summed E-state index contributed by atoms with van der Waals surface area (Å²) in [5.74, 6) is -0.401. The Kier molecular flexibility index (Phi) is 2.75. The van der Waals surface area contributed by atoms with Gasteiger partial charge in [0.05, 0.1) is 0 Å². The van der Waals surface area contributed by atoms with Gasteiger partial charge in [0.1, 0.15) is 5.65 Å². The summed E-state index contributed by atoms with van der Waals surface area (Å²) in [4.78, 5) is 15.6. The molecule has 2 aromatic rings. The molecule has 0 unspecified atom stereocenters. The van der Waals surface area contributed by atoms with E-state index < -0.39 is 15.9 Å². The van der Waals surface area contributed by atoms with Crippen molar-refractivity contribution in [3.63, 3.8) is 0 Å². The van der Waals surface area contributed by atoms with Crippen molar-refractivity contribution in [1.29, 1.82) is 0 Å². The molecule has 0 N–H and O–H groups in total. The standard InChI is InChI=1S/C11H10ClN3O3S/c12-10-11(14-6-2-1-4-8(14)13-10)19(17,18)15-7-3-5-9(15)16/h1-2,4,6H,3,5,7H2. The normalized spacial score (nSPS) is 16.5. The number of hydrogen-bond donors (Lipinski definition) is 0. The molecule has 0 atom stereocenters. The average molecular weight is 300 g/mol. The topological polar surface area (TPSA) is 71.8 Å². The first kappa shape index (κ1) is 12.4. The number of sulfonamides is 1. The molecule has 100 valence electrons. The maximum absolute atomic E-state index is 12.5. The third kappa shape index (κ3) is 1.81. The van der Waals surface area contributed by atoms with E-state index in [1.165, 1.54) is 4.40 Å². The number of carbonyl (C=O) groups is 1. The van der Waals surface area contributed by atoms with E-state index in [2.05, 4.69) is 4.98 Å². The maximum Gasteiger partial charge on any atom is 0.285 e. The van der Waals surface area contributed by atoms with Crippen LogP contribution in [-0.2, 0) is 14.8 Å². The van der Waals surface area contributed by atoms with Gasteiger partial charge < -0.3 is 0 Å². The molecule has 6 nitrogen and oxygen atoms in total. The van der Waals surface area contributed by atoms with Crippen molar-refractivity contribution in [3.8, 4) is 0 Å². The molecular weight excluding hydrogens is 290 g/mol. The van der Waals surface area contributed by atoms with E-state index in [9.17, 15) is 13.2 Å². The lowest BCUT2D eigenvalue weighted by atomic mass is 10.4. The summed E-state index contributed by atoms with van der Waals surface area (Å²) in [5, 5.41) is -0.272. The minimum Gasteiger partial charge on any atom is -0.288 e. The molecule has 0 saturated carbocycles. The Hall–Kier alpha value is -1.60. The Morgan fingerprint density at radius 3 is 2.79 bits per heavy atom. The molecular formula is C11H10ClN3O3S. The molecule has 0 aromatic carbocycles. The fourth-order valence-corrected chi connectivity index (χ4v) is 4.23. The summed E-state index contributed by atoms with van der Waals surface area (Å²) in [7, 11) is -3.95. The van der Waals surface area contributed by atoms with Crippen molar-refractivity contribution in [3.05, 3.63) is 29.5 Å². The van der Waals surface area contributed by atoms with Crippen molar-refractivity contribution in [2.24, 2.45) is 0 Å². The average Bonchev–Trinajstić information content (AvgIpc) is 2.91. The second kappa shape index (κ2) is 4.21. The fraction of sp³-hybridized carbons (Fsp3) is 0.273. The predicted molar refractivity (Wildman–Crippen MR) is 68.3 cm³/mol. The summed E-state index contributed by atoms with van der Waals surface area (Å²) < 4.78 is 27.2. The summed E-state index contributed by atoms with van der Waals surface area (Å²) >= 11 is 5.93. The number of carbonyl (C=O) groups excluding carboxylic acids is 1. The fourth-order valence-electron chi connectivity index (χ4n) is 2.16. The van der Waals surface area contributed by atoms with Crippen LogP contribution in [0.2, 0.25) is 5.15 Å². The van der Waals surface area contributed by atoms with Crippen LogP contribution >= 0.6 is 11.6 Å². The number of nitrogens with zero attached hydrogens (tertiary/aromatic N) is 3. The highest BCUT2D eigenvalue weighted by molar-refractivity contribution is 7.89. The van der Waals surface area contributed by atoms with E-state index in [4.69, 9.17) is 11.6 Å². The first-order valence-corrected chi connectivity index (χ1v) is 7.52. The van der Waals surface area contributed by atoms with Gasteiger partial charge in [-0.05, 0) is 18.6 Å². The van der Waals surface area contributed by atoms with Gasteiger partial charge in [0.25, 0.3) is 10.0 Å². The van der Waals surface area contributed by atoms with Crippen LogP contribution in [0.3, 0.4) is 0 Å². The molecule has 19 heavy (non-hydrogen) atoms. The van der Waals surface area contributed by atoms with Crippen molar-refractivity contribution >= 4 is 33.2 Å². The highest BCUT2D eigenvalue weighted by Gasteiger charge is 2.36. The Morgan fingerprint density at radius 2 is 2.11 bits per heavy atom. The van der Waals surface area contributed by atoms with Crippen LogP contribution < -0.4 is 0 Å². The molecule has 1 aliphatic heterocycles. The predicted octanol–water partition coefficient (Wildman–Crippen LogP) is 1.30. The van der Waals surface area contributed by atoms with E-state index in [0.29, 0.717) is 12.1 Å². The number of fused-ring (bicyclic) bond motifs is 1. The van der Waals surface area contributed by atoms with Crippen LogP contribution in [0.25, 0.3) is 5.65 Å². The first-order valence-electron chi connectivity index (χ1n) is 5.70. The number of halogens is 1. The number of aromatic nitrogens is 2. The monoisotopic (exact) mass is 299 g/mol. The number of pyridine rings is 1. The molecule has 1 fully saturated rings. The third-order valence-electron chi connectivity index (χ3n) is 3.01. The van der Waals surface area contributed by atoms with Gasteiger partial charge in [-0.2, -0.15) is 8.42 Å². The number of amides is 1. The third-order valence-corrected chi connectivity index (χ3v) is 5.23. The van der Waals surface area contributed by atoms with Gasteiger partial charge in [-0.3, -0.25) is 9.20 Å². The van der Waals surface area contributed by atoms with Crippen LogP contribution in [0.5, 0.6) is 0 Å². The highest BCUT2D eigenvalue weighted by Crippen LogP contribution is 2.28. The molecule has 0 spiro atoms. The van der Waals surface area contributed by atoms with Gasteiger partial charge in [0.15, 0.2) is 10.2 Å². The second-order valence-electron chi connectivity index (χ2n) is 4.21. The second-order valence-corrected chi connectivity index (χ2v) is 6.35. The van der Waals surface area contributed by atoms with Crippen LogP contribution in [0.1, 0.15) is 12.8 Å². The molecule has 1 aliphatic rings. The van der Waals surface area contributed by atoms with Gasteiger partial charge in [0.2, 0.25) is 5.91 Å². The van der Waals surface area contributed by atoms with Gasteiger partial charge in [0, 0.05) is 19.2 Å². The Morgan fingerprint density at radius 1 is 1.32 bits per heavy atom. The van der Waals surface area contributed by atoms with E-state index in [1.807, 2.05) is 0 Å². The summed E-state index contributed by atoms with van der Waals surface area (Å²) in [6.45, 7) is 0.192. The Balaban J connectivity index is 2.24. The molecule has 1 saturated heterocycles. The molecule has 0 aliphatic carbocycles. The largest absolute Gasteiger partial charge is 0.288 e. The number of imidazole rings is 1. The molecule has 3 heterocycles. The highest BCUT2D eigenvalue weighted by atomic mass is 35.5. The van der Waals surface area contributed by atoms with E-state index in [-0.39, 0.29) is 23.1 Å². The Bertz CT molecular complexity index is 769. The lowest BCUT2D eigenvalue weighted by Gasteiger charge is -2.15. The molecule has 0 bridgehead atoms. The van der Waals surface area contributed by atoms with E-state index in [0.717, 1.165) is 4.31 Å². The first-order chi connectivity index (χ1) is 9.01. The molecule has 0 radical (unpaired) electrons. The number of rotatable bonds is 2. The van der Waals surface area contributed by atoms with Crippen molar-refractivity contribution < 1.29 is 13.2 Å². The minimum atomic E-state index is -3.95. The molecule has 2 aromatic heterocycles. The lowest BCUT2D eigenvalue weighted by molar-refractivity contribution is -0.123. The van der Waals surface area contributed by atoms with E-state index in [1.54, 1.807) is 24.4 Å². The van der Waals surface area contributed by atoms with Crippen molar-refractivity contribution in [2.75, 3.05) is 6.54 Å². The van der Waals surface area contributed by atoms with Crippen LogP contribution in [0.4, 0.5) is 0 Å². The van der Waals surface area contributed by atoms with E-state index >= 15 is 0 Å². The summed E-state index contributed by atoms with van der Waals surface area (Å²) in [6.07, 6.45) is 2.33. The quantitative estimate of drug-likeness (QED) is 0.838. The zero-order valence-corrected chi connectivity index (χ0v) is 11.4. The molecule has 3 rings (SSSR count). The zero-order valence-electron chi connectivity index (χ0n) is 9.78. The van der Waals surface area contributed by atoms with Gasteiger partial charge in [-0.25, -0.2) is 9.29 Å². The SMILES string of the molecule is O=C1CCCN1S(=O)(=O)c1c(Cl)nc2ccccn12. The zero-order chi connectivity index (χ0) is 13.6. The van der Waals surface area contributed by atoms with Gasteiger partial charge in [-0.1, -0.05) is 17.7 Å². The van der Waals surface area contributed by atoms with Gasteiger partial charge >= 0.3 is 0 Å². The maximum atomic E-state index is 12.5. The van der Waals surface area contributed by atoms with Crippen molar-refractivity contribution in [1.82, 2.24) is 13.7 Å². The van der Waals surface area contributed by atoms with Crippen LogP contribution in [0, 0.1) is 0 Å². The van der Waals surface area contributed by atoms with Crippen molar-refractivity contribution in [2.45, 2.75) is 17.9 Å².